The summed E-state index contributed by atoms with van der Waals surface area (Å²) in [5.41, 5.74) is 0.678. The molecule has 1 aliphatic carbocycles. The third-order valence-electron chi connectivity index (χ3n) is 6.29. The molecule has 11 nitrogen and oxygen atoms in total. The molecule has 0 amide bonds. The molecule has 2 aromatic rings. The van der Waals surface area contributed by atoms with Crippen LogP contribution < -0.4 is 21.3 Å². The van der Waals surface area contributed by atoms with Crippen molar-refractivity contribution in [3.63, 3.8) is 0 Å². The second-order valence-electron chi connectivity index (χ2n) is 9.13. The van der Waals surface area contributed by atoms with Crippen LogP contribution in [0.15, 0.2) is 24.3 Å². The van der Waals surface area contributed by atoms with Crippen molar-refractivity contribution in [3.8, 4) is 11.5 Å². The third-order valence-corrected chi connectivity index (χ3v) is 6.80. The lowest BCUT2D eigenvalue weighted by Crippen LogP contribution is -2.29. The molecule has 45 heavy (non-hydrogen) atoms. The van der Waals surface area contributed by atoms with Crippen molar-refractivity contribution in [1.82, 2.24) is 15.5 Å². The first kappa shape index (κ1) is 45.6. The summed E-state index contributed by atoms with van der Waals surface area (Å²) < 4.78 is 0. The van der Waals surface area contributed by atoms with Crippen LogP contribution in [-0.4, -0.2) is 127 Å². The molecule has 0 radical (unpaired) electrons. The van der Waals surface area contributed by atoms with E-state index in [1.54, 1.807) is 12.1 Å². The zero-order valence-corrected chi connectivity index (χ0v) is 29.3. The number of rotatable bonds is 18. The van der Waals surface area contributed by atoms with Crippen LogP contribution in [0.25, 0.3) is 0 Å². The highest BCUT2D eigenvalue weighted by molar-refractivity contribution is 6.33. The van der Waals surface area contributed by atoms with Gasteiger partial charge >= 0.3 is 0 Å². The largest absolute Gasteiger partial charge is 0.507 e. The Morgan fingerprint density at radius 1 is 0.556 bits per heavy atom. The topological polar surface area (TPSA) is 166 Å². The van der Waals surface area contributed by atoms with Crippen LogP contribution >= 0.6 is 72.0 Å². The smallest absolute Gasteiger partial charge is 0.200 e. The van der Waals surface area contributed by atoms with Gasteiger partial charge in [0.15, 0.2) is 0 Å². The van der Waals surface area contributed by atoms with Crippen molar-refractivity contribution >= 4 is 95.0 Å². The molecule has 0 unspecified atom stereocenters. The maximum Gasteiger partial charge on any atom is 0.200 e. The van der Waals surface area contributed by atoms with Gasteiger partial charge in [-0.15, -0.1) is 72.0 Å². The van der Waals surface area contributed by atoms with E-state index in [9.17, 15) is 19.8 Å². The number of phenols is 2. The average Bonchev–Trinajstić information content (AvgIpc) is 2.97. The molecule has 17 heteroatoms. The minimum Gasteiger partial charge on any atom is -0.507 e. The van der Waals surface area contributed by atoms with Crippen LogP contribution in [0, 0.1) is 0 Å². The first-order valence-electron chi connectivity index (χ1n) is 13.7. The second kappa shape index (κ2) is 25.6. The van der Waals surface area contributed by atoms with Crippen LogP contribution in [0.4, 0.5) is 11.4 Å². The number of phenolic OH excluding ortho intramolecular Hbond substituents is 2. The van der Waals surface area contributed by atoms with E-state index < -0.39 is 11.6 Å². The Morgan fingerprint density at radius 2 is 0.911 bits per heavy atom. The molecule has 8 N–H and O–H groups in total. The van der Waals surface area contributed by atoms with Gasteiger partial charge in [-0.3, -0.25) is 14.5 Å². The summed E-state index contributed by atoms with van der Waals surface area (Å²) in [6, 6.07) is 5.74. The van der Waals surface area contributed by atoms with Crippen LogP contribution in [0.5, 0.6) is 11.5 Å². The highest BCUT2D eigenvalue weighted by atomic mass is 35.5. The molecule has 258 valence electrons. The standard InChI is InChI=1S/C22H28N4O6.C6H12Cl3N.3ClH/c27-11-9-23-5-7-25-13-1-2-14(26-8-6-24-10-12-28)18-17(13)21(31)19-15(29)3-4-16(30)20(19)22(18)32;7-1-4-10(5-2-8)6-3-9;;;/h1-4,23-30H,5-12H2;1-6H2;3*1H. The van der Waals surface area contributed by atoms with Gasteiger partial charge in [0.25, 0.3) is 0 Å². The average molecular weight is 758 g/mol. The normalized spacial score (nSPS) is 11.2. The Hall–Kier alpha value is -1.48. The van der Waals surface area contributed by atoms with Gasteiger partial charge in [-0.05, 0) is 24.3 Å². The first-order valence-corrected chi connectivity index (χ1v) is 15.3. The van der Waals surface area contributed by atoms with Crippen molar-refractivity contribution in [3.05, 3.63) is 46.5 Å². The van der Waals surface area contributed by atoms with Crippen molar-refractivity contribution in [2.45, 2.75) is 0 Å². The number of anilines is 2. The first-order chi connectivity index (χ1) is 20.4. The van der Waals surface area contributed by atoms with Crippen molar-refractivity contribution in [1.29, 1.82) is 0 Å². The van der Waals surface area contributed by atoms with Crippen LogP contribution in [0.1, 0.15) is 31.8 Å². The molecule has 0 saturated carbocycles. The molecule has 0 aromatic heterocycles. The Labute approximate surface area is 297 Å². The molecule has 0 saturated heterocycles. The number of nitrogens with one attached hydrogen (secondary N) is 4. The lowest BCUT2D eigenvalue weighted by molar-refractivity contribution is 0.0975. The van der Waals surface area contributed by atoms with Crippen LogP contribution in [0.3, 0.4) is 0 Å². The fourth-order valence-electron chi connectivity index (χ4n) is 4.33. The summed E-state index contributed by atoms with van der Waals surface area (Å²) in [4.78, 5) is 28.9. The number of carbonyl (C=O) groups excluding carboxylic acids is 2. The molecule has 2 aromatic carbocycles. The Bertz CT molecular complexity index is 1080. The number of aliphatic hydroxyl groups excluding tert-OH is 2. The van der Waals surface area contributed by atoms with Gasteiger partial charge in [-0.25, -0.2) is 0 Å². The lowest BCUT2D eigenvalue weighted by atomic mass is 9.81. The Kier molecular flexibility index (Phi) is 26.0. The van der Waals surface area contributed by atoms with Crippen molar-refractivity contribution < 1.29 is 30.0 Å². The SMILES string of the molecule is Cl.Cl.Cl.ClCCN(CCCl)CCCl.O=C1c2c(O)ccc(O)c2C(=O)c2c(NCCNCCO)ccc(NCCNCCO)c21. The number of aliphatic hydroxyl groups is 2. The summed E-state index contributed by atoms with van der Waals surface area (Å²) >= 11 is 16.6. The summed E-state index contributed by atoms with van der Waals surface area (Å²) in [5, 5.41) is 50.6. The van der Waals surface area contributed by atoms with E-state index in [2.05, 4.69) is 26.2 Å². The number of hydrogen-bond acceptors (Lipinski definition) is 11. The molecule has 0 atom stereocenters. The van der Waals surface area contributed by atoms with E-state index in [-0.39, 0.29) is 84.2 Å². The van der Waals surface area contributed by atoms with Crippen LogP contribution in [0.2, 0.25) is 0 Å². The fraction of sp³-hybridized carbons (Fsp3) is 0.500. The van der Waals surface area contributed by atoms with Gasteiger partial charge in [0.05, 0.1) is 35.5 Å². The van der Waals surface area contributed by atoms with E-state index >= 15 is 0 Å². The molecule has 0 heterocycles. The highest BCUT2D eigenvalue weighted by Gasteiger charge is 2.37. The van der Waals surface area contributed by atoms with Crippen molar-refractivity contribution in [2.75, 3.05) is 100 Å². The molecular formula is C28H43Cl6N5O6. The zero-order chi connectivity index (χ0) is 30.9. The highest BCUT2D eigenvalue weighted by Crippen LogP contribution is 2.42. The summed E-state index contributed by atoms with van der Waals surface area (Å²) in [6.07, 6.45) is 0. The molecule has 0 spiro atoms. The monoisotopic (exact) mass is 755 g/mol. The molecule has 1 aliphatic rings. The number of benzene rings is 2. The number of alkyl halides is 3. The van der Waals surface area contributed by atoms with E-state index in [4.69, 9.17) is 45.0 Å². The molecule has 0 aliphatic heterocycles. The number of hydrogen-bond donors (Lipinski definition) is 8. The number of halogens is 6. The van der Waals surface area contributed by atoms with Gasteiger partial charge in [0.2, 0.25) is 11.6 Å². The molecule has 3 rings (SSSR count). The van der Waals surface area contributed by atoms with Gasteiger partial charge in [0.1, 0.15) is 11.5 Å². The minimum absolute atomic E-state index is 0. The predicted molar refractivity (Wildman–Crippen MR) is 190 cm³/mol. The van der Waals surface area contributed by atoms with E-state index in [1.165, 1.54) is 12.1 Å². The zero-order valence-electron chi connectivity index (χ0n) is 24.6. The maximum absolute atomic E-state index is 13.4. The predicted octanol–water partition coefficient (Wildman–Crippen LogP) is 3.13. The summed E-state index contributed by atoms with van der Waals surface area (Å²) in [6.45, 7) is 5.44. The molecule has 0 bridgehead atoms. The molecule has 0 fully saturated rings. The quantitative estimate of drug-likeness (QED) is 0.0546. The Morgan fingerprint density at radius 3 is 1.22 bits per heavy atom. The van der Waals surface area contributed by atoms with Gasteiger partial charge in [-0.2, -0.15) is 0 Å². The van der Waals surface area contributed by atoms with Gasteiger partial charge < -0.3 is 41.7 Å². The summed E-state index contributed by atoms with van der Waals surface area (Å²) in [5.74, 6) is 0.0783. The number of ketones is 2. The van der Waals surface area contributed by atoms with Gasteiger partial charge in [0, 0.05) is 87.9 Å². The summed E-state index contributed by atoms with van der Waals surface area (Å²) in [7, 11) is 0. The van der Waals surface area contributed by atoms with E-state index in [0.29, 0.717) is 68.3 Å². The molecular weight excluding hydrogens is 715 g/mol. The van der Waals surface area contributed by atoms with E-state index in [1.807, 2.05) is 0 Å². The minimum atomic E-state index is -0.559. The number of carbonyl (C=O) groups is 2. The number of nitrogens with zero attached hydrogens (tertiary/aromatic N) is 1. The third kappa shape index (κ3) is 13.6. The number of fused-ring (bicyclic) bond motifs is 2. The second-order valence-corrected chi connectivity index (χ2v) is 10.3. The lowest BCUT2D eigenvalue weighted by Gasteiger charge is -2.25. The van der Waals surface area contributed by atoms with Gasteiger partial charge in [-0.1, -0.05) is 0 Å². The fourth-order valence-corrected chi connectivity index (χ4v) is 5.05. The Balaban J connectivity index is 0. The maximum atomic E-state index is 13.4. The van der Waals surface area contributed by atoms with Crippen molar-refractivity contribution in [2.24, 2.45) is 0 Å². The number of aromatic hydroxyl groups is 2. The van der Waals surface area contributed by atoms with Crippen LogP contribution in [-0.2, 0) is 0 Å². The van der Waals surface area contributed by atoms with E-state index in [0.717, 1.165) is 19.6 Å².